The van der Waals surface area contributed by atoms with Crippen LogP contribution in [0.25, 0.3) is 11.4 Å². The predicted molar refractivity (Wildman–Crippen MR) is 91.0 cm³/mol. The molecule has 0 spiro atoms. The van der Waals surface area contributed by atoms with Gasteiger partial charge in [0.05, 0.1) is 0 Å². The summed E-state index contributed by atoms with van der Waals surface area (Å²) in [7, 11) is 0. The SMILES string of the molecule is CC(C)CC(C)(CN)NC(=O)CCc1nc(-c2ccsc2)no1. The number of thiophene rings is 1. The van der Waals surface area contributed by atoms with E-state index in [1.165, 1.54) is 0 Å². The molecule has 0 aliphatic rings. The molecule has 2 aromatic rings. The van der Waals surface area contributed by atoms with Gasteiger partial charge in [-0.05, 0) is 30.7 Å². The first-order chi connectivity index (χ1) is 10.9. The monoisotopic (exact) mass is 336 g/mol. The molecular weight excluding hydrogens is 312 g/mol. The van der Waals surface area contributed by atoms with Crippen LogP contribution in [0.15, 0.2) is 21.3 Å². The first kappa shape index (κ1) is 17.6. The van der Waals surface area contributed by atoms with E-state index in [4.69, 9.17) is 10.3 Å². The van der Waals surface area contributed by atoms with Gasteiger partial charge in [0.1, 0.15) is 0 Å². The molecule has 0 radical (unpaired) electrons. The first-order valence-electron chi connectivity index (χ1n) is 7.78. The van der Waals surface area contributed by atoms with Crippen molar-refractivity contribution in [1.82, 2.24) is 15.5 Å². The van der Waals surface area contributed by atoms with Crippen LogP contribution in [0.4, 0.5) is 0 Å². The van der Waals surface area contributed by atoms with E-state index >= 15 is 0 Å². The van der Waals surface area contributed by atoms with Gasteiger partial charge in [0.2, 0.25) is 17.6 Å². The summed E-state index contributed by atoms with van der Waals surface area (Å²) in [5, 5.41) is 10.9. The quantitative estimate of drug-likeness (QED) is 0.773. The zero-order chi connectivity index (χ0) is 16.9. The third-order valence-corrected chi connectivity index (χ3v) is 4.25. The minimum absolute atomic E-state index is 0.0473. The summed E-state index contributed by atoms with van der Waals surface area (Å²) in [4.78, 5) is 16.5. The van der Waals surface area contributed by atoms with Gasteiger partial charge >= 0.3 is 0 Å². The molecule has 0 saturated heterocycles. The van der Waals surface area contributed by atoms with Crippen molar-refractivity contribution in [3.05, 3.63) is 22.7 Å². The lowest BCUT2D eigenvalue weighted by Gasteiger charge is -2.31. The van der Waals surface area contributed by atoms with Crippen LogP contribution < -0.4 is 11.1 Å². The fourth-order valence-corrected chi connectivity index (χ4v) is 3.21. The number of rotatable bonds is 8. The van der Waals surface area contributed by atoms with Crippen molar-refractivity contribution in [2.24, 2.45) is 11.7 Å². The van der Waals surface area contributed by atoms with Gasteiger partial charge in [-0.2, -0.15) is 16.3 Å². The number of nitrogens with one attached hydrogen (secondary N) is 1. The summed E-state index contributed by atoms with van der Waals surface area (Å²) in [6.07, 6.45) is 1.57. The summed E-state index contributed by atoms with van der Waals surface area (Å²) in [6.45, 7) is 6.63. The Labute approximate surface area is 140 Å². The van der Waals surface area contributed by atoms with Crippen molar-refractivity contribution in [3.8, 4) is 11.4 Å². The summed E-state index contributed by atoms with van der Waals surface area (Å²) < 4.78 is 5.20. The highest BCUT2D eigenvalue weighted by molar-refractivity contribution is 7.08. The van der Waals surface area contributed by atoms with Gasteiger partial charge in [0.15, 0.2) is 0 Å². The highest BCUT2D eigenvalue weighted by Crippen LogP contribution is 2.19. The number of nitrogens with zero attached hydrogens (tertiary/aromatic N) is 2. The summed E-state index contributed by atoms with van der Waals surface area (Å²) >= 11 is 1.58. The van der Waals surface area contributed by atoms with Crippen LogP contribution in [0.1, 0.15) is 39.5 Å². The van der Waals surface area contributed by atoms with Gasteiger partial charge in [-0.25, -0.2) is 0 Å². The predicted octanol–water partition coefficient (Wildman–Crippen LogP) is 2.61. The number of amides is 1. The molecule has 0 fully saturated rings. The van der Waals surface area contributed by atoms with Crippen LogP contribution in [0.2, 0.25) is 0 Å². The largest absolute Gasteiger partial charge is 0.350 e. The van der Waals surface area contributed by atoms with Gasteiger partial charge in [0.25, 0.3) is 0 Å². The van der Waals surface area contributed by atoms with E-state index in [2.05, 4.69) is 29.3 Å². The number of carbonyl (C=O) groups is 1. The molecule has 7 heteroatoms. The minimum Gasteiger partial charge on any atom is -0.350 e. The summed E-state index contributed by atoms with van der Waals surface area (Å²) in [6, 6.07) is 1.94. The zero-order valence-corrected chi connectivity index (χ0v) is 14.7. The van der Waals surface area contributed by atoms with E-state index in [1.54, 1.807) is 11.3 Å². The molecule has 6 nitrogen and oxygen atoms in total. The Morgan fingerprint density at radius 2 is 2.30 bits per heavy atom. The first-order valence-corrected chi connectivity index (χ1v) is 8.72. The second kappa shape index (κ2) is 7.70. The third-order valence-electron chi connectivity index (χ3n) is 3.56. The third kappa shape index (κ3) is 5.14. The van der Waals surface area contributed by atoms with Gasteiger partial charge in [0, 0.05) is 35.9 Å². The molecule has 1 atom stereocenters. The van der Waals surface area contributed by atoms with E-state index in [0.717, 1.165) is 12.0 Å². The molecule has 0 saturated carbocycles. The maximum Gasteiger partial charge on any atom is 0.227 e. The smallest absolute Gasteiger partial charge is 0.227 e. The molecule has 0 aliphatic heterocycles. The highest BCUT2D eigenvalue weighted by atomic mass is 32.1. The Hall–Kier alpha value is -1.73. The molecule has 126 valence electrons. The fourth-order valence-electron chi connectivity index (χ4n) is 2.57. The molecule has 0 aliphatic carbocycles. The standard InChI is InChI=1S/C16H24N4O2S/c1-11(2)8-16(3,10-17)19-13(21)4-5-14-18-15(20-22-14)12-6-7-23-9-12/h6-7,9,11H,4-5,8,10,17H2,1-3H3,(H,19,21). The molecule has 3 N–H and O–H groups in total. The van der Waals surface area contributed by atoms with Gasteiger partial charge in [-0.15, -0.1) is 0 Å². The Balaban J connectivity index is 1.87. The molecule has 23 heavy (non-hydrogen) atoms. The van der Waals surface area contributed by atoms with E-state index in [-0.39, 0.29) is 11.4 Å². The molecule has 1 amide bonds. The van der Waals surface area contributed by atoms with Gasteiger partial charge in [-0.3, -0.25) is 4.79 Å². The van der Waals surface area contributed by atoms with Crippen LogP contribution in [0, 0.1) is 5.92 Å². The Morgan fingerprint density at radius 1 is 1.52 bits per heavy atom. The van der Waals surface area contributed by atoms with Gasteiger partial charge < -0.3 is 15.6 Å². The number of nitrogens with two attached hydrogens (primary N) is 1. The minimum atomic E-state index is -0.373. The number of aromatic nitrogens is 2. The van der Waals surface area contributed by atoms with Crippen molar-refractivity contribution >= 4 is 17.2 Å². The van der Waals surface area contributed by atoms with Crippen molar-refractivity contribution in [2.75, 3.05) is 6.54 Å². The van der Waals surface area contributed by atoms with Crippen LogP contribution in [-0.2, 0) is 11.2 Å². The van der Waals surface area contributed by atoms with Gasteiger partial charge in [-0.1, -0.05) is 19.0 Å². The summed E-state index contributed by atoms with van der Waals surface area (Å²) in [5.41, 5.74) is 6.37. The number of hydrogen-bond acceptors (Lipinski definition) is 6. The van der Waals surface area contributed by atoms with E-state index in [9.17, 15) is 4.79 Å². The Morgan fingerprint density at radius 3 is 2.91 bits per heavy atom. The highest BCUT2D eigenvalue weighted by Gasteiger charge is 2.25. The molecule has 1 unspecified atom stereocenters. The lowest BCUT2D eigenvalue weighted by Crippen LogP contribution is -2.52. The molecule has 0 bridgehead atoms. The van der Waals surface area contributed by atoms with Crippen LogP contribution in [-0.4, -0.2) is 28.1 Å². The molecule has 2 rings (SSSR count). The Kier molecular flexibility index (Phi) is 5.90. The van der Waals surface area contributed by atoms with E-state index < -0.39 is 0 Å². The molecule has 2 aromatic heterocycles. The topological polar surface area (TPSA) is 94.0 Å². The second-order valence-electron chi connectivity index (χ2n) is 6.43. The van der Waals surface area contributed by atoms with E-state index in [1.807, 2.05) is 23.8 Å². The van der Waals surface area contributed by atoms with E-state index in [0.29, 0.717) is 37.0 Å². The van der Waals surface area contributed by atoms with Crippen LogP contribution in [0.5, 0.6) is 0 Å². The summed E-state index contributed by atoms with van der Waals surface area (Å²) in [5.74, 6) is 1.45. The lowest BCUT2D eigenvalue weighted by atomic mass is 9.90. The van der Waals surface area contributed by atoms with Crippen LogP contribution >= 0.6 is 11.3 Å². The number of hydrogen-bond donors (Lipinski definition) is 2. The fraction of sp³-hybridized carbons (Fsp3) is 0.562. The van der Waals surface area contributed by atoms with Crippen molar-refractivity contribution < 1.29 is 9.32 Å². The maximum absolute atomic E-state index is 12.2. The lowest BCUT2D eigenvalue weighted by molar-refractivity contribution is -0.123. The molecule has 2 heterocycles. The van der Waals surface area contributed by atoms with Crippen molar-refractivity contribution in [1.29, 1.82) is 0 Å². The normalized spacial score (nSPS) is 14.0. The van der Waals surface area contributed by atoms with Crippen molar-refractivity contribution in [2.45, 2.75) is 45.6 Å². The zero-order valence-electron chi connectivity index (χ0n) is 13.8. The maximum atomic E-state index is 12.2. The average Bonchev–Trinajstić information content (AvgIpc) is 3.15. The average molecular weight is 336 g/mol. The second-order valence-corrected chi connectivity index (χ2v) is 7.21. The van der Waals surface area contributed by atoms with Crippen molar-refractivity contribution in [3.63, 3.8) is 0 Å². The number of aryl methyl sites for hydroxylation is 1. The number of carbonyl (C=O) groups excluding carboxylic acids is 1. The Bertz CT molecular complexity index is 624. The van der Waals surface area contributed by atoms with Crippen LogP contribution in [0.3, 0.4) is 0 Å². The molecule has 0 aromatic carbocycles. The molecular formula is C16H24N4O2S.